The molecule has 1 heterocycles. The Bertz CT molecular complexity index is 980. The van der Waals surface area contributed by atoms with Gasteiger partial charge in [0.25, 0.3) is 5.91 Å². The van der Waals surface area contributed by atoms with Crippen molar-refractivity contribution in [3.8, 4) is 11.3 Å². The maximum absolute atomic E-state index is 12.7. The van der Waals surface area contributed by atoms with Gasteiger partial charge >= 0.3 is 0 Å². The van der Waals surface area contributed by atoms with Crippen LogP contribution in [0.1, 0.15) is 35.5 Å². The molecule has 1 atom stereocenters. The standard InChI is InChI=1S/C23H25N3O3/c1-15(2)21(25-22(27)19-12-8-7-9-16(19)3)23(28)24-14-18-13-20(26-29-18)17-10-5-4-6-11-17/h4-13,15,21H,14H2,1-3H3,(H,24,28)(H,25,27)/t21-/m0/s1. The molecule has 0 unspecified atom stereocenters. The molecule has 0 bridgehead atoms. The first kappa shape index (κ1) is 20.3. The van der Waals surface area contributed by atoms with Crippen LogP contribution in [0.4, 0.5) is 0 Å². The molecule has 2 aromatic carbocycles. The lowest BCUT2D eigenvalue weighted by atomic mass is 10.0. The van der Waals surface area contributed by atoms with E-state index in [1.165, 1.54) is 0 Å². The summed E-state index contributed by atoms with van der Waals surface area (Å²) >= 11 is 0. The fraction of sp³-hybridized carbons (Fsp3) is 0.261. The van der Waals surface area contributed by atoms with Crippen molar-refractivity contribution >= 4 is 11.8 Å². The van der Waals surface area contributed by atoms with Crippen molar-refractivity contribution < 1.29 is 14.1 Å². The molecule has 0 aliphatic heterocycles. The SMILES string of the molecule is Cc1ccccc1C(=O)N[C@H](C(=O)NCc1cc(-c2ccccc2)no1)C(C)C. The first-order valence-corrected chi connectivity index (χ1v) is 9.61. The van der Waals surface area contributed by atoms with Gasteiger partial charge in [0.15, 0.2) is 5.76 Å². The molecule has 6 nitrogen and oxygen atoms in total. The number of nitrogens with zero attached hydrogens (tertiary/aromatic N) is 1. The van der Waals surface area contributed by atoms with Crippen LogP contribution >= 0.6 is 0 Å². The molecule has 0 aliphatic rings. The van der Waals surface area contributed by atoms with Crippen LogP contribution in [0.2, 0.25) is 0 Å². The van der Waals surface area contributed by atoms with Gasteiger partial charge in [0.1, 0.15) is 11.7 Å². The van der Waals surface area contributed by atoms with Crippen molar-refractivity contribution in [2.24, 2.45) is 5.92 Å². The summed E-state index contributed by atoms with van der Waals surface area (Å²) in [4.78, 5) is 25.3. The maximum Gasteiger partial charge on any atom is 0.252 e. The van der Waals surface area contributed by atoms with Crippen molar-refractivity contribution in [1.29, 1.82) is 0 Å². The largest absolute Gasteiger partial charge is 0.359 e. The molecule has 0 spiro atoms. The first-order chi connectivity index (χ1) is 14.0. The summed E-state index contributed by atoms with van der Waals surface area (Å²) in [7, 11) is 0. The molecule has 3 rings (SSSR count). The molecule has 1 aromatic heterocycles. The van der Waals surface area contributed by atoms with E-state index in [-0.39, 0.29) is 24.3 Å². The molecule has 0 saturated heterocycles. The van der Waals surface area contributed by atoms with Gasteiger partial charge in [0.2, 0.25) is 5.91 Å². The minimum atomic E-state index is -0.654. The Morgan fingerprint density at radius 2 is 1.72 bits per heavy atom. The molecule has 29 heavy (non-hydrogen) atoms. The van der Waals surface area contributed by atoms with Gasteiger partial charge in [-0.15, -0.1) is 0 Å². The highest BCUT2D eigenvalue weighted by molar-refractivity contribution is 5.98. The highest BCUT2D eigenvalue weighted by Gasteiger charge is 2.25. The van der Waals surface area contributed by atoms with E-state index in [0.29, 0.717) is 17.0 Å². The van der Waals surface area contributed by atoms with Gasteiger partial charge in [-0.1, -0.05) is 67.5 Å². The topological polar surface area (TPSA) is 84.2 Å². The van der Waals surface area contributed by atoms with Crippen LogP contribution in [-0.2, 0) is 11.3 Å². The van der Waals surface area contributed by atoms with E-state index in [1.54, 1.807) is 18.2 Å². The third kappa shape index (κ3) is 5.10. The minimum absolute atomic E-state index is 0.0717. The Morgan fingerprint density at radius 3 is 2.41 bits per heavy atom. The summed E-state index contributed by atoms with van der Waals surface area (Å²) in [5.74, 6) is -0.0508. The van der Waals surface area contributed by atoms with E-state index in [2.05, 4.69) is 15.8 Å². The Hall–Kier alpha value is -3.41. The van der Waals surface area contributed by atoms with Gasteiger partial charge in [-0.05, 0) is 24.5 Å². The monoisotopic (exact) mass is 391 g/mol. The number of carbonyl (C=O) groups is 2. The van der Waals surface area contributed by atoms with Gasteiger partial charge < -0.3 is 15.2 Å². The fourth-order valence-corrected chi connectivity index (χ4v) is 3.01. The lowest BCUT2D eigenvalue weighted by Crippen LogP contribution is -2.49. The van der Waals surface area contributed by atoms with Crippen molar-refractivity contribution in [3.63, 3.8) is 0 Å². The zero-order chi connectivity index (χ0) is 20.8. The van der Waals surface area contributed by atoms with Crippen LogP contribution in [0.3, 0.4) is 0 Å². The molecule has 6 heteroatoms. The Kier molecular flexibility index (Phi) is 6.44. The molecule has 0 fully saturated rings. The van der Waals surface area contributed by atoms with E-state index < -0.39 is 6.04 Å². The zero-order valence-corrected chi connectivity index (χ0v) is 16.8. The average molecular weight is 391 g/mol. The minimum Gasteiger partial charge on any atom is -0.359 e. The highest BCUT2D eigenvalue weighted by atomic mass is 16.5. The Labute approximate surface area is 170 Å². The van der Waals surface area contributed by atoms with Crippen molar-refractivity contribution in [2.45, 2.75) is 33.4 Å². The number of hydrogen-bond acceptors (Lipinski definition) is 4. The number of aryl methyl sites for hydroxylation is 1. The summed E-state index contributed by atoms with van der Waals surface area (Å²) in [6, 6.07) is 18.1. The van der Waals surface area contributed by atoms with Crippen LogP contribution < -0.4 is 10.6 Å². The Balaban J connectivity index is 1.62. The van der Waals surface area contributed by atoms with Gasteiger partial charge in [-0.2, -0.15) is 0 Å². The van der Waals surface area contributed by atoms with E-state index in [4.69, 9.17) is 4.52 Å². The van der Waals surface area contributed by atoms with Crippen LogP contribution in [0, 0.1) is 12.8 Å². The predicted octanol–water partition coefficient (Wildman–Crippen LogP) is 3.72. The van der Waals surface area contributed by atoms with Crippen LogP contribution in [-0.4, -0.2) is 23.0 Å². The van der Waals surface area contributed by atoms with Gasteiger partial charge in [0.05, 0.1) is 6.54 Å². The lowest BCUT2D eigenvalue weighted by molar-refractivity contribution is -0.124. The van der Waals surface area contributed by atoms with Gasteiger partial charge in [-0.25, -0.2) is 0 Å². The lowest BCUT2D eigenvalue weighted by Gasteiger charge is -2.22. The number of nitrogens with one attached hydrogen (secondary N) is 2. The molecule has 150 valence electrons. The molecule has 2 amide bonds. The van der Waals surface area contributed by atoms with Crippen LogP contribution in [0.25, 0.3) is 11.3 Å². The van der Waals surface area contributed by atoms with Crippen molar-refractivity contribution in [2.75, 3.05) is 0 Å². The van der Waals surface area contributed by atoms with E-state index in [0.717, 1.165) is 11.1 Å². The summed E-state index contributed by atoms with van der Waals surface area (Å²) in [6.07, 6.45) is 0. The van der Waals surface area contributed by atoms with E-state index in [1.807, 2.05) is 63.2 Å². The zero-order valence-electron chi connectivity index (χ0n) is 16.8. The van der Waals surface area contributed by atoms with Gasteiger partial charge in [0, 0.05) is 17.2 Å². The number of hydrogen-bond donors (Lipinski definition) is 2. The molecule has 0 saturated carbocycles. The average Bonchev–Trinajstić information content (AvgIpc) is 3.20. The molecule has 2 N–H and O–H groups in total. The van der Waals surface area contributed by atoms with Crippen molar-refractivity contribution in [1.82, 2.24) is 15.8 Å². The summed E-state index contributed by atoms with van der Waals surface area (Å²) < 4.78 is 5.32. The number of aromatic nitrogens is 1. The smallest absolute Gasteiger partial charge is 0.252 e. The maximum atomic E-state index is 12.7. The molecular formula is C23H25N3O3. The highest BCUT2D eigenvalue weighted by Crippen LogP contribution is 2.18. The second-order valence-electron chi connectivity index (χ2n) is 7.27. The number of amides is 2. The Morgan fingerprint density at radius 1 is 1.03 bits per heavy atom. The third-order valence-electron chi connectivity index (χ3n) is 4.69. The van der Waals surface area contributed by atoms with Crippen molar-refractivity contribution in [3.05, 3.63) is 77.6 Å². The summed E-state index contributed by atoms with van der Waals surface area (Å²) in [5, 5.41) is 9.72. The summed E-state index contributed by atoms with van der Waals surface area (Å²) in [6.45, 7) is 5.85. The number of carbonyl (C=O) groups excluding carboxylic acids is 2. The predicted molar refractivity (Wildman–Crippen MR) is 111 cm³/mol. The second-order valence-corrected chi connectivity index (χ2v) is 7.27. The van der Waals surface area contributed by atoms with E-state index in [9.17, 15) is 9.59 Å². The van der Waals surface area contributed by atoms with Crippen LogP contribution in [0.5, 0.6) is 0 Å². The summed E-state index contributed by atoms with van der Waals surface area (Å²) in [5.41, 5.74) is 3.08. The molecule has 3 aromatic rings. The number of benzene rings is 2. The quantitative estimate of drug-likeness (QED) is 0.643. The molecule has 0 aliphatic carbocycles. The molecular weight excluding hydrogens is 366 g/mol. The second kappa shape index (κ2) is 9.19. The molecule has 0 radical (unpaired) electrons. The normalized spacial score (nSPS) is 11.9. The van der Waals surface area contributed by atoms with Gasteiger partial charge in [-0.3, -0.25) is 9.59 Å². The van der Waals surface area contributed by atoms with E-state index >= 15 is 0 Å². The number of rotatable bonds is 7. The first-order valence-electron chi connectivity index (χ1n) is 9.61. The van der Waals surface area contributed by atoms with Crippen LogP contribution in [0.15, 0.2) is 65.2 Å². The fourth-order valence-electron chi connectivity index (χ4n) is 3.01. The third-order valence-corrected chi connectivity index (χ3v) is 4.69.